The van der Waals surface area contributed by atoms with E-state index in [0.29, 0.717) is 12.3 Å². The molecule has 3 N–H and O–H groups in total. The van der Waals surface area contributed by atoms with Crippen LogP contribution in [0, 0.1) is 0 Å². The molecule has 62 valence electrons. The van der Waals surface area contributed by atoms with Crippen LogP contribution in [-0.2, 0) is 0 Å². The Bertz CT molecular complexity index is 330. The number of nitrogens with two attached hydrogens (primary N) is 1. The lowest BCUT2D eigenvalue weighted by Crippen LogP contribution is -2.12. The van der Waals surface area contributed by atoms with Crippen molar-refractivity contribution in [1.29, 1.82) is 0 Å². The molecule has 0 radical (unpaired) electrons. The third kappa shape index (κ3) is 0.924. The summed E-state index contributed by atoms with van der Waals surface area (Å²) >= 11 is 0. The maximum absolute atomic E-state index is 9.49. The maximum atomic E-state index is 9.49. The minimum atomic E-state index is 0.0150. The van der Waals surface area contributed by atoms with Gasteiger partial charge < -0.3 is 10.8 Å². The van der Waals surface area contributed by atoms with Gasteiger partial charge >= 0.3 is 0 Å². The van der Waals surface area contributed by atoms with E-state index in [-0.39, 0.29) is 5.92 Å². The van der Waals surface area contributed by atoms with Gasteiger partial charge in [0, 0.05) is 6.54 Å². The number of aliphatic hydroxyl groups is 1. The average molecular weight is 161 g/mol. The third-order valence-electron chi connectivity index (χ3n) is 2.27. The fraction of sp³-hybridized carbons (Fsp3) is 0.200. The van der Waals surface area contributed by atoms with Gasteiger partial charge in [0.25, 0.3) is 0 Å². The molecule has 1 aliphatic rings. The number of hydrogen-bond acceptors (Lipinski definition) is 2. The Morgan fingerprint density at radius 2 is 2.08 bits per heavy atom. The Hall–Kier alpha value is -1.28. The predicted octanol–water partition coefficient (Wildman–Crippen LogP) is 1.64. The summed E-state index contributed by atoms with van der Waals surface area (Å²) in [6, 6.07) is 7.92. The Balaban J connectivity index is 2.50. The molecule has 1 atom stereocenters. The Morgan fingerprint density at radius 3 is 2.83 bits per heavy atom. The van der Waals surface area contributed by atoms with Crippen LogP contribution in [0.2, 0.25) is 0 Å². The minimum Gasteiger partial charge on any atom is -0.512 e. The van der Waals surface area contributed by atoms with E-state index in [0.717, 1.165) is 11.1 Å². The lowest BCUT2D eigenvalue weighted by Gasteiger charge is -2.08. The van der Waals surface area contributed by atoms with Crippen LogP contribution in [0.25, 0.3) is 6.08 Å². The smallest absolute Gasteiger partial charge is 0.102 e. The summed E-state index contributed by atoms with van der Waals surface area (Å²) in [5.41, 5.74) is 7.76. The zero-order valence-corrected chi connectivity index (χ0v) is 6.70. The summed E-state index contributed by atoms with van der Waals surface area (Å²) < 4.78 is 0. The topological polar surface area (TPSA) is 46.2 Å². The van der Waals surface area contributed by atoms with Crippen molar-refractivity contribution < 1.29 is 5.11 Å². The Labute approximate surface area is 71.3 Å². The van der Waals surface area contributed by atoms with Crippen LogP contribution in [0.3, 0.4) is 0 Å². The van der Waals surface area contributed by atoms with Crippen molar-refractivity contribution in [2.75, 3.05) is 6.54 Å². The van der Waals surface area contributed by atoms with Gasteiger partial charge in [0.2, 0.25) is 0 Å². The van der Waals surface area contributed by atoms with Crippen LogP contribution < -0.4 is 5.73 Å². The third-order valence-corrected chi connectivity index (χ3v) is 2.27. The van der Waals surface area contributed by atoms with E-state index in [1.807, 2.05) is 24.3 Å². The molecule has 2 nitrogen and oxygen atoms in total. The lowest BCUT2D eigenvalue weighted by molar-refractivity contribution is 0.379. The predicted molar refractivity (Wildman–Crippen MR) is 48.8 cm³/mol. The molecule has 0 heterocycles. The largest absolute Gasteiger partial charge is 0.512 e. The molecule has 2 rings (SSSR count). The van der Waals surface area contributed by atoms with Crippen molar-refractivity contribution in [3.8, 4) is 0 Å². The zero-order valence-electron chi connectivity index (χ0n) is 6.70. The van der Waals surface area contributed by atoms with Gasteiger partial charge in [0.1, 0.15) is 5.76 Å². The second-order valence-electron chi connectivity index (χ2n) is 2.99. The van der Waals surface area contributed by atoms with Crippen molar-refractivity contribution in [1.82, 2.24) is 0 Å². The second-order valence-corrected chi connectivity index (χ2v) is 2.99. The molecule has 2 heteroatoms. The lowest BCUT2D eigenvalue weighted by atomic mass is 10.0. The molecule has 0 bridgehead atoms. The quantitative estimate of drug-likeness (QED) is 0.657. The first-order valence-corrected chi connectivity index (χ1v) is 4.02. The maximum Gasteiger partial charge on any atom is 0.102 e. The van der Waals surface area contributed by atoms with Gasteiger partial charge in [-0.3, -0.25) is 0 Å². The van der Waals surface area contributed by atoms with Crippen molar-refractivity contribution >= 4 is 6.08 Å². The second kappa shape index (κ2) is 2.64. The van der Waals surface area contributed by atoms with Crippen LogP contribution in [0.4, 0.5) is 0 Å². The van der Waals surface area contributed by atoms with Crippen molar-refractivity contribution in [3.05, 3.63) is 41.2 Å². The van der Waals surface area contributed by atoms with Gasteiger partial charge in [-0.05, 0) is 17.2 Å². The molecule has 0 aromatic heterocycles. The van der Waals surface area contributed by atoms with Crippen LogP contribution in [0.15, 0.2) is 30.0 Å². The van der Waals surface area contributed by atoms with Gasteiger partial charge in [0.15, 0.2) is 0 Å². The van der Waals surface area contributed by atoms with Crippen LogP contribution in [-0.4, -0.2) is 11.7 Å². The van der Waals surface area contributed by atoms with Crippen molar-refractivity contribution in [3.63, 3.8) is 0 Å². The first-order chi connectivity index (χ1) is 5.83. The van der Waals surface area contributed by atoms with Gasteiger partial charge in [-0.15, -0.1) is 0 Å². The highest BCUT2D eigenvalue weighted by molar-refractivity contribution is 5.64. The molecule has 0 aliphatic heterocycles. The summed E-state index contributed by atoms with van der Waals surface area (Å²) in [5, 5.41) is 9.49. The number of benzene rings is 1. The minimum absolute atomic E-state index is 0.0150. The van der Waals surface area contributed by atoms with E-state index < -0.39 is 0 Å². The Kier molecular flexibility index (Phi) is 1.62. The summed E-state index contributed by atoms with van der Waals surface area (Å²) in [6.45, 7) is 0.472. The van der Waals surface area contributed by atoms with Gasteiger partial charge in [-0.1, -0.05) is 24.3 Å². The normalized spacial score (nSPS) is 20.4. The van der Waals surface area contributed by atoms with E-state index in [4.69, 9.17) is 5.73 Å². The molecular weight excluding hydrogens is 150 g/mol. The number of hydrogen-bond donors (Lipinski definition) is 2. The molecule has 0 saturated heterocycles. The summed E-state index contributed by atoms with van der Waals surface area (Å²) in [7, 11) is 0. The molecule has 1 unspecified atom stereocenters. The Morgan fingerprint density at radius 1 is 1.33 bits per heavy atom. The first kappa shape index (κ1) is 7.37. The SMILES string of the molecule is NCC1C(O)=Cc2ccccc21. The molecule has 1 aliphatic carbocycles. The molecule has 12 heavy (non-hydrogen) atoms. The first-order valence-electron chi connectivity index (χ1n) is 4.02. The summed E-state index contributed by atoms with van der Waals surface area (Å²) in [5.74, 6) is 0.403. The van der Waals surface area contributed by atoms with E-state index in [9.17, 15) is 5.11 Å². The van der Waals surface area contributed by atoms with Gasteiger partial charge in [0.05, 0.1) is 5.92 Å². The summed E-state index contributed by atoms with van der Waals surface area (Å²) in [4.78, 5) is 0. The summed E-state index contributed by atoms with van der Waals surface area (Å²) in [6.07, 6.45) is 1.78. The number of fused-ring (bicyclic) bond motifs is 1. The van der Waals surface area contributed by atoms with Crippen LogP contribution >= 0.6 is 0 Å². The van der Waals surface area contributed by atoms with E-state index in [2.05, 4.69) is 0 Å². The molecule has 1 aromatic rings. The number of rotatable bonds is 1. The fourth-order valence-electron chi connectivity index (χ4n) is 1.63. The van der Waals surface area contributed by atoms with Crippen molar-refractivity contribution in [2.45, 2.75) is 5.92 Å². The highest BCUT2D eigenvalue weighted by Gasteiger charge is 2.22. The monoisotopic (exact) mass is 161 g/mol. The van der Waals surface area contributed by atoms with Gasteiger partial charge in [-0.25, -0.2) is 0 Å². The standard InChI is InChI=1S/C10H11NO/c11-6-9-8-4-2-1-3-7(8)5-10(9)12/h1-5,9,12H,6,11H2. The van der Waals surface area contributed by atoms with E-state index >= 15 is 0 Å². The van der Waals surface area contributed by atoms with Crippen LogP contribution in [0.5, 0.6) is 0 Å². The molecule has 0 saturated carbocycles. The molecule has 0 amide bonds. The molecule has 0 spiro atoms. The van der Waals surface area contributed by atoms with Crippen LogP contribution in [0.1, 0.15) is 17.0 Å². The zero-order chi connectivity index (χ0) is 8.55. The van der Waals surface area contributed by atoms with Crippen molar-refractivity contribution in [2.24, 2.45) is 5.73 Å². The number of aliphatic hydroxyl groups excluding tert-OH is 1. The fourth-order valence-corrected chi connectivity index (χ4v) is 1.63. The van der Waals surface area contributed by atoms with E-state index in [1.54, 1.807) is 6.08 Å². The van der Waals surface area contributed by atoms with Gasteiger partial charge in [-0.2, -0.15) is 0 Å². The van der Waals surface area contributed by atoms with E-state index in [1.165, 1.54) is 0 Å². The molecular formula is C10H11NO. The molecule has 0 fully saturated rings. The molecule has 1 aromatic carbocycles. The highest BCUT2D eigenvalue weighted by Crippen LogP contribution is 2.33. The average Bonchev–Trinajstić information content (AvgIpc) is 2.40. The highest BCUT2D eigenvalue weighted by atomic mass is 16.3.